The molecule has 28 heavy (non-hydrogen) atoms. The number of carbonyl (C=O) groups is 2. The van der Waals surface area contributed by atoms with Crippen LogP contribution in [0.25, 0.3) is 0 Å². The number of benzene rings is 2. The highest BCUT2D eigenvalue weighted by molar-refractivity contribution is 5.96. The molecule has 2 atom stereocenters. The molecule has 0 saturated carbocycles. The molecule has 2 amide bonds. The highest BCUT2D eigenvalue weighted by Crippen LogP contribution is 2.30. The highest BCUT2D eigenvalue weighted by atomic mass is 16.5. The standard InChI is InChI=1S/C23H28N2O3/c1-5-20(17-9-7-6-8-10-17)22(26)24-19-11-12-21-18(13-19)14-25(15(2)3)23(27)16(4)28-21/h6-13,15-16,20H,5,14H2,1-4H3,(H,24,26)/t16-,20+/m0/s1. The Morgan fingerprint density at radius 1 is 1.21 bits per heavy atom. The maximum atomic E-state index is 12.8. The van der Waals surface area contributed by atoms with E-state index in [1.807, 2.05) is 69.3 Å². The Morgan fingerprint density at radius 3 is 2.57 bits per heavy atom. The molecule has 0 bridgehead atoms. The summed E-state index contributed by atoms with van der Waals surface area (Å²) in [6, 6.07) is 15.4. The second-order valence-corrected chi connectivity index (χ2v) is 7.50. The largest absolute Gasteiger partial charge is 0.481 e. The monoisotopic (exact) mass is 380 g/mol. The Bertz CT molecular complexity index is 848. The van der Waals surface area contributed by atoms with E-state index < -0.39 is 6.10 Å². The molecular weight excluding hydrogens is 352 g/mol. The predicted molar refractivity (Wildman–Crippen MR) is 110 cm³/mol. The minimum Gasteiger partial charge on any atom is -0.481 e. The number of amides is 2. The average molecular weight is 380 g/mol. The molecule has 0 saturated heterocycles. The van der Waals surface area contributed by atoms with Gasteiger partial charge in [0, 0.05) is 23.8 Å². The first kappa shape index (κ1) is 19.9. The first-order valence-corrected chi connectivity index (χ1v) is 9.86. The van der Waals surface area contributed by atoms with E-state index in [-0.39, 0.29) is 23.8 Å². The van der Waals surface area contributed by atoms with E-state index in [4.69, 9.17) is 4.74 Å². The minimum absolute atomic E-state index is 0.0214. The molecule has 0 fully saturated rings. The van der Waals surface area contributed by atoms with Gasteiger partial charge in [0.05, 0.1) is 5.92 Å². The number of carbonyl (C=O) groups excluding carboxylic acids is 2. The highest BCUT2D eigenvalue weighted by Gasteiger charge is 2.29. The van der Waals surface area contributed by atoms with Crippen LogP contribution in [-0.2, 0) is 16.1 Å². The lowest BCUT2D eigenvalue weighted by Gasteiger charge is -2.26. The van der Waals surface area contributed by atoms with Gasteiger partial charge in [-0.2, -0.15) is 0 Å². The van der Waals surface area contributed by atoms with E-state index in [9.17, 15) is 9.59 Å². The second kappa shape index (κ2) is 8.46. The summed E-state index contributed by atoms with van der Waals surface area (Å²) in [6.45, 7) is 8.24. The molecular formula is C23H28N2O3. The van der Waals surface area contributed by atoms with Gasteiger partial charge in [-0.3, -0.25) is 9.59 Å². The van der Waals surface area contributed by atoms with Crippen molar-refractivity contribution in [1.82, 2.24) is 4.90 Å². The van der Waals surface area contributed by atoms with Gasteiger partial charge in [-0.15, -0.1) is 0 Å². The number of fused-ring (bicyclic) bond motifs is 1. The van der Waals surface area contributed by atoms with E-state index in [1.54, 1.807) is 11.8 Å². The zero-order valence-corrected chi connectivity index (χ0v) is 16.9. The Labute approximate surface area is 166 Å². The maximum absolute atomic E-state index is 12.8. The number of hydrogen-bond donors (Lipinski definition) is 1. The SMILES string of the molecule is CC[C@@H](C(=O)Nc1ccc2c(c1)CN(C(C)C)C(=O)[C@H](C)O2)c1ccccc1. The third-order valence-electron chi connectivity index (χ3n) is 5.15. The summed E-state index contributed by atoms with van der Waals surface area (Å²) in [6.07, 6.45) is 0.198. The van der Waals surface area contributed by atoms with Gasteiger partial charge in [0.25, 0.3) is 5.91 Å². The summed E-state index contributed by atoms with van der Waals surface area (Å²) in [5.41, 5.74) is 2.62. The van der Waals surface area contributed by atoms with E-state index in [1.165, 1.54) is 0 Å². The van der Waals surface area contributed by atoms with Crippen molar-refractivity contribution >= 4 is 17.5 Å². The van der Waals surface area contributed by atoms with E-state index in [2.05, 4.69) is 5.32 Å². The van der Waals surface area contributed by atoms with Gasteiger partial charge in [0.15, 0.2) is 6.10 Å². The molecule has 2 aromatic rings. The lowest BCUT2D eigenvalue weighted by atomic mass is 9.95. The van der Waals surface area contributed by atoms with E-state index in [0.717, 1.165) is 17.5 Å². The Balaban J connectivity index is 1.82. The fourth-order valence-electron chi connectivity index (χ4n) is 3.56. The van der Waals surface area contributed by atoms with Gasteiger partial charge in [-0.05, 0) is 51.0 Å². The molecule has 0 spiro atoms. The van der Waals surface area contributed by atoms with E-state index in [0.29, 0.717) is 18.0 Å². The van der Waals surface area contributed by atoms with Gasteiger partial charge < -0.3 is 15.0 Å². The fraction of sp³-hybridized carbons (Fsp3) is 0.391. The van der Waals surface area contributed by atoms with Gasteiger partial charge >= 0.3 is 0 Å². The maximum Gasteiger partial charge on any atom is 0.263 e. The number of anilines is 1. The summed E-state index contributed by atoms with van der Waals surface area (Å²) in [5.74, 6) is 0.433. The molecule has 2 aromatic carbocycles. The molecule has 148 valence electrons. The van der Waals surface area contributed by atoms with E-state index >= 15 is 0 Å². The molecule has 3 rings (SSSR count). The van der Waals surface area contributed by atoms with Crippen molar-refractivity contribution in [2.45, 2.75) is 58.7 Å². The third-order valence-corrected chi connectivity index (χ3v) is 5.15. The summed E-state index contributed by atoms with van der Waals surface area (Å²) in [7, 11) is 0. The first-order valence-electron chi connectivity index (χ1n) is 9.86. The molecule has 0 aromatic heterocycles. The normalized spacial score (nSPS) is 17.5. The molecule has 0 radical (unpaired) electrons. The average Bonchev–Trinajstić information content (AvgIpc) is 2.80. The van der Waals surface area contributed by atoms with Gasteiger partial charge in [-0.25, -0.2) is 0 Å². The van der Waals surface area contributed by atoms with Crippen LogP contribution in [0.3, 0.4) is 0 Å². The molecule has 1 aliphatic rings. The van der Waals surface area contributed by atoms with Crippen molar-refractivity contribution in [3.63, 3.8) is 0 Å². The summed E-state index contributed by atoms with van der Waals surface area (Å²) >= 11 is 0. The zero-order chi connectivity index (χ0) is 20.3. The Morgan fingerprint density at radius 2 is 1.93 bits per heavy atom. The Kier molecular flexibility index (Phi) is 6.02. The van der Waals surface area contributed by atoms with Crippen molar-refractivity contribution in [3.05, 3.63) is 59.7 Å². The zero-order valence-electron chi connectivity index (χ0n) is 16.9. The summed E-state index contributed by atoms with van der Waals surface area (Å²) in [4.78, 5) is 27.2. The topological polar surface area (TPSA) is 58.6 Å². The van der Waals surface area contributed by atoms with Crippen LogP contribution in [-0.4, -0.2) is 28.9 Å². The van der Waals surface area contributed by atoms with Crippen molar-refractivity contribution in [2.75, 3.05) is 5.32 Å². The van der Waals surface area contributed by atoms with Crippen molar-refractivity contribution in [3.8, 4) is 5.75 Å². The minimum atomic E-state index is -0.522. The van der Waals surface area contributed by atoms with Gasteiger partial charge in [0.2, 0.25) is 5.91 Å². The van der Waals surface area contributed by atoms with Crippen LogP contribution < -0.4 is 10.1 Å². The molecule has 1 N–H and O–H groups in total. The van der Waals surface area contributed by atoms with Crippen LogP contribution in [0.2, 0.25) is 0 Å². The number of ether oxygens (including phenoxy) is 1. The van der Waals surface area contributed by atoms with Crippen LogP contribution in [0.15, 0.2) is 48.5 Å². The quantitative estimate of drug-likeness (QED) is 0.840. The fourth-order valence-corrected chi connectivity index (χ4v) is 3.56. The van der Waals surface area contributed by atoms with Crippen LogP contribution >= 0.6 is 0 Å². The van der Waals surface area contributed by atoms with Gasteiger partial charge in [-0.1, -0.05) is 37.3 Å². The smallest absolute Gasteiger partial charge is 0.263 e. The molecule has 1 heterocycles. The summed E-state index contributed by atoms with van der Waals surface area (Å²) < 4.78 is 5.84. The van der Waals surface area contributed by atoms with Crippen LogP contribution in [0.5, 0.6) is 5.75 Å². The number of rotatable bonds is 5. The molecule has 5 nitrogen and oxygen atoms in total. The molecule has 5 heteroatoms. The van der Waals surface area contributed by atoms with Crippen molar-refractivity contribution < 1.29 is 14.3 Å². The number of nitrogens with one attached hydrogen (secondary N) is 1. The van der Waals surface area contributed by atoms with Crippen molar-refractivity contribution in [2.24, 2.45) is 0 Å². The first-order chi connectivity index (χ1) is 13.4. The van der Waals surface area contributed by atoms with Crippen molar-refractivity contribution in [1.29, 1.82) is 0 Å². The lowest BCUT2D eigenvalue weighted by molar-refractivity contribution is -0.139. The van der Waals surface area contributed by atoms with Crippen LogP contribution in [0.1, 0.15) is 51.2 Å². The molecule has 1 aliphatic heterocycles. The number of hydrogen-bond acceptors (Lipinski definition) is 3. The second-order valence-electron chi connectivity index (χ2n) is 7.50. The molecule has 0 unspecified atom stereocenters. The lowest BCUT2D eigenvalue weighted by Crippen LogP contribution is -2.41. The van der Waals surface area contributed by atoms with Gasteiger partial charge in [0.1, 0.15) is 5.75 Å². The van der Waals surface area contributed by atoms with Crippen LogP contribution in [0.4, 0.5) is 5.69 Å². The predicted octanol–water partition coefficient (Wildman–Crippen LogP) is 4.34. The van der Waals surface area contributed by atoms with Crippen LogP contribution in [0, 0.1) is 0 Å². The Hall–Kier alpha value is -2.82. The number of nitrogens with zero attached hydrogens (tertiary/aromatic N) is 1. The summed E-state index contributed by atoms with van der Waals surface area (Å²) in [5, 5.41) is 3.03. The third kappa shape index (κ3) is 4.19. The molecule has 0 aliphatic carbocycles.